The van der Waals surface area contributed by atoms with Gasteiger partial charge >= 0.3 is 5.97 Å². The Morgan fingerprint density at radius 3 is 2.50 bits per heavy atom. The van der Waals surface area contributed by atoms with Gasteiger partial charge in [-0.1, -0.05) is 26.0 Å². The third-order valence-corrected chi connectivity index (χ3v) is 4.76. The van der Waals surface area contributed by atoms with Crippen LogP contribution in [-0.2, 0) is 4.79 Å². The summed E-state index contributed by atoms with van der Waals surface area (Å²) in [6.45, 7) is 3.50. The lowest BCUT2D eigenvalue weighted by Crippen LogP contribution is -2.33. The van der Waals surface area contributed by atoms with Gasteiger partial charge in [0.25, 0.3) is 5.56 Å². The van der Waals surface area contributed by atoms with Crippen LogP contribution in [0.15, 0.2) is 53.7 Å². The van der Waals surface area contributed by atoms with Crippen LogP contribution in [0.1, 0.15) is 19.9 Å². The van der Waals surface area contributed by atoms with Crippen molar-refractivity contribution in [2.45, 2.75) is 19.9 Å². The van der Waals surface area contributed by atoms with Crippen LogP contribution < -0.4 is 5.56 Å². The van der Waals surface area contributed by atoms with Crippen LogP contribution in [0.3, 0.4) is 0 Å². The highest BCUT2D eigenvalue weighted by Crippen LogP contribution is 2.25. The summed E-state index contributed by atoms with van der Waals surface area (Å²) in [7, 11) is 0. The minimum Gasteiger partial charge on any atom is -0.480 e. The van der Waals surface area contributed by atoms with Gasteiger partial charge in [-0.25, -0.2) is 18.7 Å². The van der Waals surface area contributed by atoms with E-state index in [-0.39, 0.29) is 17.1 Å². The molecule has 0 spiro atoms. The average molecular weight is 380 g/mol. The largest absolute Gasteiger partial charge is 0.480 e. The standard InChI is InChI=1S/C20H17FN4O3/c1-11(2)17(20(27)28)24-8-7-16-15(19(24)26)9-22-18-14(10-23-25(16)18)12-3-5-13(21)6-4-12/h3-11,17H,1-2H3,(H,27,28). The van der Waals surface area contributed by atoms with Crippen molar-refractivity contribution in [3.8, 4) is 11.1 Å². The maximum atomic E-state index is 13.2. The molecule has 0 aliphatic carbocycles. The molecular weight excluding hydrogens is 363 g/mol. The van der Waals surface area contributed by atoms with E-state index in [0.717, 1.165) is 5.56 Å². The zero-order chi connectivity index (χ0) is 20.0. The molecule has 1 N–H and O–H groups in total. The van der Waals surface area contributed by atoms with Gasteiger partial charge in [0.15, 0.2) is 5.65 Å². The van der Waals surface area contributed by atoms with E-state index in [9.17, 15) is 19.1 Å². The molecule has 28 heavy (non-hydrogen) atoms. The Morgan fingerprint density at radius 2 is 1.86 bits per heavy atom. The van der Waals surface area contributed by atoms with Gasteiger partial charge in [0.2, 0.25) is 0 Å². The van der Waals surface area contributed by atoms with Crippen molar-refractivity contribution in [3.05, 3.63) is 65.1 Å². The minimum atomic E-state index is -1.07. The summed E-state index contributed by atoms with van der Waals surface area (Å²) in [5.41, 5.74) is 2.06. The maximum Gasteiger partial charge on any atom is 0.327 e. The third kappa shape index (κ3) is 2.74. The minimum absolute atomic E-state index is 0.265. The van der Waals surface area contributed by atoms with E-state index in [2.05, 4.69) is 10.1 Å². The number of nitrogens with zero attached hydrogens (tertiary/aromatic N) is 4. The number of carboxylic acids is 1. The molecule has 4 rings (SSSR count). The van der Waals surface area contributed by atoms with E-state index in [1.165, 1.54) is 33.6 Å². The molecule has 0 fully saturated rings. The smallest absolute Gasteiger partial charge is 0.327 e. The predicted octanol–water partition coefficient (Wildman–Crippen LogP) is 3.13. The molecule has 1 unspecified atom stereocenters. The van der Waals surface area contributed by atoms with Crippen molar-refractivity contribution in [1.82, 2.24) is 19.2 Å². The molecule has 0 bridgehead atoms. The molecule has 0 saturated heterocycles. The van der Waals surface area contributed by atoms with Gasteiger partial charge in [0, 0.05) is 18.0 Å². The normalized spacial score (nSPS) is 12.7. The molecule has 4 aromatic rings. The zero-order valence-electron chi connectivity index (χ0n) is 15.2. The lowest BCUT2D eigenvalue weighted by molar-refractivity contribution is -0.142. The number of halogens is 1. The number of carboxylic acid groups (broad SMARTS) is 1. The van der Waals surface area contributed by atoms with E-state index in [0.29, 0.717) is 16.7 Å². The Hall–Kier alpha value is -3.55. The third-order valence-electron chi connectivity index (χ3n) is 4.76. The Morgan fingerprint density at radius 1 is 1.14 bits per heavy atom. The summed E-state index contributed by atoms with van der Waals surface area (Å²) in [6, 6.07) is 6.67. The monoisotopic (exact) mass is 380 g/mol. The van der Waals surface area contributed by atoms with E-state index >= 15 is 0 Å². The average Bonchev–Trinajstić information content (AvgIpc) is 3.08. The Bertz CT molecular complexity index is 1260. The molecule has 3 aromatic heterocycles. The molecule has 0 aliphatic rings. The molecule has 1 aromatic carbocycles. The van der Waals surface area contributed by atoms with Crippen molar-refractivity contribution >= 4 is 22.5 Å². The number of benzene rings is 1. The van der Waals surface area contributed by atoms with Gasteiger partial charge in [0.1, 0.15) is 11.9 Å². The Kier molecular flexibility index (Phi) is 4.18. The van der Waals surface area contributed by atoms with Gasteiger partial charge < -0.3 is 9.67 Å². The number of aromatic nitrogens is 4. The fourth-order valence-corrected chi connectivity index (χ4v) is 3.41. The quantitative estimate of drug-likeness (QED) is 0.587. The van der Waals surface area contributed by atoms with E-state index in [1.807, 2.05) is 0 Å². The Labute approximate surface area is 158 Å². The van der Waals surface area contributed by atoms with Crippen molar-refractivity contribution in [2.75, 3.05) is 0 Å². The molecule has 0 amide bonds. The lowest BCUT2D eigenvalue weighted by Gasteiger charge is -2.19. The molecule has 0 aliphatic heterocycles. The van der Waals surface area contributed by atoms with Crippen LogP contribution in [-0.4, -0.2) is 30.2 Å². The van der Waals surface area contributed by atoms with Gasteiger partial charge in [-0.15, -0.1) is 0 Å². The van der Waals surface area contributed by atoms with Gasteiger partial charge in [0.05, 0.1) is 17.1 Å². The first-order chi connectivity index (χ1) is 13.4. The second-order valence-electron chi connectivity index (χ2n) is 6.91. The molecule has 0 radical (unpaired) electrons. The molecule has 7 nitrogen and oxygen atoms in total. The molecule has 0 saturated carbocycles. The number of rotatable bonds is 4. The molecule has 142 valence electrons. The first-order valence-electron chi connectivity index (χ1n) is 8.75. The van der Waals surface area contributed by atoms with Crippen LogP contribution in [0.5, 0.6) is 0 Å². The van der Waals surface area contributed by atoms with Gasteiger partial charge in [-0.05, 0) is 29.7 Å². The topological polar surface area (TPSA) is 89.5 Å². The summed E-state index contributed by atoms with van der Waals surface area (Å²) in [6.07, 6.45) is 4.51. The molecular formula is C20H17FN4O3. The summed E-state index contributed by atoms with van der Waals surface area (Å²) < 4.78 is 15.9. The Balaban J connectivity index is 1.93. The van der Waals surface area contributed by atoms with Crippen molar-refractivity contribution in [3.63, 3.8) is 0 Å². The van der Waals surface area contributed by atoms with Crippen LogP contribution in [0.25, 0.3) is 27.7 Å². The fourth-order valence-electron chi connectivity index (χ4n) is 3.41. The van der Waals surface area contributed by atoms with Crippen LogP contribution in [0, 0.1) is 11.7 Å². The summed E-state index contributed by atoms with van der Waals surface area (Å²) >= 11 is 0. The maximum absolute atomic E-state index is 13.2. The highest BCUT2D eigenvalue weighted by atomic mass is 19.1. The van der Waals surface area contributed by atoms with E-state index in [1.54, 1.807) is 38.2 Å². The molecule has 3 heterocycles. The summed E-state index contributed by atoms with van der Waals surface area (Å²) in [5.74, 6) is -1.67. The summed E-state index contributed by atoms with van der Waals surface area (Å²) in [5, 5.41) is 14.1. The van der Waals surface area contributed by atoms with Gasteiger partial charge in [-0.3, -0.25) is 4.79 Å². The second kappa shape index (κ2) is 6.56. The van der Waals surface area contributed by atoms with Crippen LogP contribution in [0.4, 0.5) is 4.39 Å². The van der Waals surface area contributed by atoms with Crippen molar-refractivity contribution in [1.29, 1.82) is 0 Å². The number of pyridine rings is 1. The summed E-state index contributed by atoms with van der Waals surface area (Å²) in [4.78, 5) is 28.9. The number of hydrogen-bond donors (Lipinski definition) is 1. The number of hydrogen-bond acceptors (Lipinski definition) is 4. The first kappa shape index (κ1) is 17.8. The van der Waals surface area contributed by atoms with Gasteiger partial charge in [-0.2, -0.15) is 5.10 Å². The predicted molar refractivity (Wildman–Crippen MR) is 102 cm³/mol. The number of fused-ring (bicyclic) bond motifs is 3. The first-order valence-corrected chi connectivity index (χ1v) is 8.75. The van der Waals surface area contributed by atoms with Crippen molar-refractivity contribution < 1.29 is 14.3 Å². The SMILES string of the molecule is CC(C)C(C(=O)O)n1ccc2c(cnc3c(-c4ccc(F)cc4)cnn32)c1=O. The highest BCUT2D eigenvalue weighted by Gasteiger charge is 2.25. The molecule has 8 heteroatoms. The number of aliphatic carboxylic acids is 1. The molecule has 1 atom stereocenters. The van der Waals surface area contributed by atoms with E-state index in [4.69, 9.17) is 0 Å². The fraction of sp³-hybridized carbons (Fsp3) is 0.200. The van der Waals surface area contributed by atoms with Crippen LogP contribution in [0.2, 0.25) is 0 Å². The van der Waals surface area contributed by atoms with E-state index < -0.39 is 17.6 Å². The zero-order valence-corrected chi connectivity index (χ0v) is 15.2. The second-order valence-corrected chi connectivity index (χ2v) is 6.91. The van der Waals surface area contributed by atoms with Crippen LogP contribution >= 0.6 is 0 Å². The lowest BCUT2D eigenvalue weighted by atomic mass is 10.0. The number of carbonyl (C=O) groups is 1. The highest BCUT2D eigenvalue weighted by molar-refractivity contribution is 5.85. The van der Waals surface area contributed by atoms with Crippen molar-refractivity contribution in [2.24, 2.45) is 5.92 Å².